The van der Waals surface area contributed by atoms with Crippen molar-refractivity contribution in [3.8, 4) is 22.5 Å². The molecule has 0 unspecified atom stereocenters. The van der Waals surface area contributed by atoms with Crippen LogP contribution in [0.4, 0.5) is 9.59 Å². The molecule has 2 fully saturated rings. The topological polar surface area (TPSA) is 175 Å². The number of nitrogens with one attached hydrogen (secondary N) is 4. The van der Waals surface area contributed by atoms with Gasteiger partial charge < -0.3 is 39.9 Å². The van der Waals surface area contributed by atoms with Gasteiger partial charge in [0.2, 0.25) is 11.8 Å². The van der Waals surface area contributed by atoms with Gasteiger partial charge in [0.1, 0.15) is 23.7 Å². The molecule has 2 aliphatic rings. The number of carbonyl (C=O) groups excluding carboxylic acids is 4. The molecular weight excluding hydrogens is 652 g/mol. The first-order valence-electron chi connectivity index (χ1n) is 17.7. The third kappa shape index (κ3) is 8.04. The average molecular weight is 705 g/mol. The number of carbonyl (C=O) groups is 4. The fraction of sp³-hybridized carbons (Fsp3) is 0.568. The highest BCUT2D eigenvalue weighted by atomic mass is 16.5. The summed E-state index contributed by atoms with van der Waals surface area (Å²) in [4.78, 5) is 71.4. The number of hydrogen-bond acceptors (Lipinski definition) is 8. The number of methoxy groups -OCH3 is 2. The Labute approximate surface area is 299 Å². The molecule has 2 saturated heterocycles. The Bertz CT molecular complexity index is 1730. The lowest BCUT2D eigenvalue weighted by molar-refractivity contribution is -0.136. The quantitative estimate of drug-likeness (QED) is 0.218. The third-order valence-electron chi connectivity index (χ3n) is 10.0. The van der Waals surface area contributed by atoms with E-state index in [1.54, 1.807) is 12.4 Å². The van der Waals surface area contributed by atoms with Crippen molar-refractivity contribution in [3.63, 3.8) is 0 Å². The van der Waals surface area contributed by atoms with Crippen LogP contribution >= 0.6 is 0 Å². The molecule has 4 amide bonds. The van der Waals surface area contributed by atoms with E-state index in [1.807, 2.05) is 56.6 Å². The molecule has 51 heavy (non-hydrogen) atoms. The molecule has 0 aliphatic carbocycles. The summed E-state index contributed by atoms with van der Waals surface area (Å²) in [6, 6.07) is 4.23. The minimum Gasteiger partial charge on any atom is -0.453 e. The molecule has 2 aromatic heterocycles. The van der Waals surface area contributed by atoms with Gasteiger partial charge in [-0.25, -0.2) is 19.6 Å². The molecule has 4 N–H and O–H groups in total. The molecule has 3 aromatic rings. The maximum atomic E-state index is 13.7. The fourth-order valence-corrected chi connectivity index (χ4v) is 7.28. The van der Waals surface area contributed by atoms with Gasteiger partial charge in [-0.15, -0.1) is 0 Å². The Morgan fingerprint density at radius 1 is 0.765 bits per heavy atom. The summed E-state index contributed by atoms with van der Waals surface area (Å²) in [5, 5.41) is 5.41. The molecule has 14 heteroatoms. The number of likely N-dealkylation sites (tertiary alicyclic amines) is 2. The van der Waals surface area contributed by atoms with E-state index in [9.17, 15) is 19.2 Å². The largest absolute Gasteiger partial charge is 0.453 e. The van der Waals surface area contributed by atoms with Crippen molar-refractivity contribution in [1.29, 1.82) is 0 Å². The van der Waals surface area contributed by atoms with Crippen LogP contribution in [-0.2, 0) is 19.1 Å². The van der Waals surface area contributed by atoms with Gasteiger partial charge in [-0.1, -0.05) is 53.7 Å². The summed E-state index contributed by atoms with van der Waals surface area (Å²) in [6.45, 7) is 15.0. The average Bonchev–Trinajstić information content (AvgIpc) is 3.91. The standard InChI is InChI=1S/C37H52N8O6/c1-19(2)30(42-36(48)50-8)34(46)44-17-21(5)12-28(44)32-38-15-26(40-32)24-10-11-25(23(7)14-24)27-16-39-33(41-27)29-13-22(6)18-45(29)35(47)31(20(3)4)43-37(49)51-9/h10-11,14-16,19-22,28-31H,12-13,17-18H2,1-9H3,(H,38,40)(H,39,41)(H,42,48)(H,43,49)/t21-,22-,28-,29-,30-,31-/m0/s1. The lowest BCUT2D eigenvalue weighted by Crippen LogP contribution is -2.51. The predicted octanol–water partition coefficient (Wildman–Crippen LogP) is 5.36. The predicted molar refractivity (Wildman–Crippen MR) is 191 cm³/mol. The third-order valence-corrected chi connectivity index (χ3v) is 10.0. The van der Waals surface area contributed by atoms with Crippen LogP contribution in [0.3, 0.4) is 0 Å². The van der Waals surface area contributed by atoms with Gasteiger partial charge in [-0.2, -0.15) is 0 Å². The van der Waals surface area contributed by atoms with Crippen LogP contribution in [0.5, 0.6) is 0 Å². The summed E-state index contributed by atoms with van der Waals surface area (Å²) in [5.41, 5.74) is 4.62. The number of rotatable bonds is 10. The van der Waals surface area contributed by atoms with Crippen molar-refractivity contribution in [2.45, 2.75) is 85.5 Å². The smallest absolute Gasteiger partial charge is 0.407 e. The van der Waals surface area contributed by atoms with Gasteiger partial charge in [0.05, 0.1) is 50.1 Å². The van der Waals surface area contributed by atoms with Gasteiger partial charge >= 0.3 is 12.2 Å². The first kappa shape index (κ1) is 37.4. The second-order valence-electron chi connectivity index (χ2n) is 14.8. The zero-order chi connectivity index (χ0) is 37.1. The van der Waals surface area contributed by atoms with Gasteiger partial charge in [0, 0.05) is 18.7 Å². The maximum absolute atomic E-state index is 13.7. The number of imidazole rings is 2. The molecule has 2 aliphatic heterocycles. The van der Waals surface area contributed by atoms with Crippen molar-refractivity contribution in [3.05, 3.63) is 47.8 Å². The Hall–Kier alpha value is -4.88. The highest BCUT2D eigenvalue weighted by Gasteiger charge is 2.41. The van der Waals surface area contributed by atoms with Crippen LogP contribution in [0.2, 0.25) is 0 Å². The number of aryl methyl sites for hydroxylation is 1. The number of alkyl carbamates (subject to hydrolysis) is 2. The number of hydrogen-bond donors (Lipinski definition) is 4. The van der Waals surface area contributed by atoms with E-state index < -0.39 is 24.3 Å². The van der Waals surface area contributed by atoms with Crippen LogP contribution in [0.15, 0.2) is 30.6 Å². The van der Waals surface area contributed by atoms with Gasteiger partial charge in [-0.3, -0.25) is 9.59 Å². The van der Waals surface area contributed by atoms with E-state index in [4.69, 9.17) is 19.4 Å². The Kier molecular flexibility index (Phi) is 11.4. The Morgan fingerprint density at radius 3 is 1.65 bits per heavy atom. The summed E-state index contributed by atoms with van der Waals surface area (Å²) < 4.78 is 9.54. The number of amides is 4. The van der Waals surface area contributed by atoms with Crippen LogP contribution in [0.1, 0.15) is 83.7 Å². The number of aromatic nitrogens is 4. The minimum absolute atomic E-state index is 0.122. The SMILES string of the molecule is COC(=O)N[C@H](C(=O)N1C[C@@H](C)C[C@H]1c1ncc(-c2ccc(-c3cnc([C@@H]4C[C@H](C)CN4C(=O)[C@@H](NC(=O)OC)C(C)C)[nH]3)c(C)c2)[nH]1)C(C)C. The first-order chi connectivity index (χ1) is 24.2. The number of nitrogens with zero attached hydrogens (tertiary/aromatic N) is 4. The zero-order valence-electron chi connectivity index (χ0n) is 31.1. The molecular formula is C37H52N8O6. The number of ether oxygens (including phenoxy) is 2. The summed E-state index contributed by atoms with van der Waals surface area (Å²) in [5.74, 6) is 1.39. The van der Waals surface area contributed by atoms with Crippen LogP contribution in [0.25, 0.3) is 22.5 Å². The van der Waals surface area contributed by atoms with Crippen LogP contribution < -0.4 is 10.6 Å². The van der Waals surface area contributed by atoms with Crippen molar-refractivity contribution >= 4 is 24.0 Å². The Balaban J connectivity index is 1.33. The van der Waals surface area contributed by atoms with E-state index in [0.717, 1.165) is 40.9 Å². The molecule has 0 saturated carbocycles. The molecule has 5 rings (SSSR count). The molecule has 0 bridgehead atoms. The highest BCUT2D eigenvalue weighted by molar-refractivity contribution is 5.87. The van der Waals surface area contributed by atoms with E-state index in [1.165, 1.54) is 14.2 Å². The normalized spacial score (nSPS) is 21.5. The summed E-state index contributed by atoms with van der Waals surface area (Å²) >= 11 is 0. The summed E-state index contributed by atoms with van der Waals surface area (Å²) in [6.07, 6.45) is 3.84. The van der Waals surface area contributed by atoms with E-state index in [0.29, 0.717) is 24.7 Å². The van der Waals surface area contributed by atoms with Crippen molar-refractivity contribution < 1.29 is 28.7 Å². The molecule has 0 radical (unpaired) electrons. The first-order valence-corrected chi connectivity index (χ1v) is 17.7. The molecule has 276 valence electrons. The maximum Gasteiger partial charge on any atom is 0.407 e. The molecule has 0 spiro atoms. The van der Waals surface area contributed by atoms with E-state index in [2.05, 4.69) is 40.5 Å². The lowest BCUT2D eigenvalue weighted by Gasteiger charge is -2.30. The van der Waals surface area contributed by atoms with Crippen LogP contribution in [0, 0.1) is 30.6 Å². The number of aromatic amines is 2. The van der Waals surface area contributed by atoms with Gasteiger partial charge in [0.25, 0.3) is 0 Å². The van der Waals surface area contributed by atoms with Gasteiger partial charge in [-0.05, 0) is 60.6 Å². The fourth-order valence-electron chi connectivity index (χ4n) is 7.28. The van der Waals surface area contributed by atoms with Crippen molar-refractivity contribution in [2.24, 2.45) is 23.7 Å². The number of benzene rings is 1. The second-order valence-corrected chi connectivity index (χ2v) is 14.8. The Morgan fingerprint density at radius 2 is 1.22 bits per heavy atom. The molecule has 4 heterocycles. The lowest BCUT2D eigenvalue weighted by atomic mass is 10.0. The minimum atomic E-state index is -0.710. The van der Waals surface area contributed by atoms with Crippen molar-refractivity contribution in [2.75, 3.05) is 27.3 Å². The number of H-pyrrole nitrogens is 2. The summed E-state index contributed by atoms with van der Waals surface area (Å²) in [7, 11) is 2.57. The highest BCUT2D eigenvalue weighted by Crippen LogP contribution is 2.38. The van der Waals surface area contributed by atoms with E-state index >= 15 is 0 Å². The zero-order valence-corrected chi connectivity index (χ0v) is 31.1. The molecule has 14 nitrogen and oxygen atoms in total. The molecule has 1 aromatic carbocycles. The van der Waals surface area contributed by atoms with Crippen molar-refractivity contribution in [1.82, 2.24) is 40.4 Å². The van der Waals surface area contributed by atoms with Gasteiger partial charge in [0.15, 0.2) is 0 Å². The second kappa shape index (κ2) is 15.6. The molecule has 6 atom stereocenters. The monoisotopic (exact) mass is 704 g/mol. The van der Waals surface area contributed by atoms with Crippen LogP contribution in [-0.4, -0.2) is 93.1 Å². The van der Waals surface area contributed by atoms with E-state index in [-0.39, 0.29) is 47.6 Å².